The second-order valence-corrected chi connectivity index (χ2v) is 3.72. The molecule has 2 N–H and O–H groups in total. The number of benzene rings is 1. The van der Waals surface area contributed by atoms with Crippen molar-refractivity contribution < 1.29 is 9.53 Å². The molecule has 0 atom stereocenters. The minimum atomic E-state index is -0.193. The Morgan fingerprint density at radius 1 is 1.50 bits per heavy atom. The fraction of sp³-hybridized carbons (Fsp3) is 0.250. The summed E-state index contributed by atoms with van der Waals surface area (Å²) >= 11 is 0. The normalized spacial score (nSPS) is 10.3. The van der Waals surface area contributed by atoms with Crippen LogP contribution in [-0.4, -0.2) is 27.9 Å². The van der Waals surface area contributed by atoms with Crippen LogP contribution in [0.3, 0.4) is 0 Å². The number of anilines is 1. The van der Waals surface area contributed by atoms with Gasteiger partial charge in [-0.2, -0.15) is 0 Å². The Kier molecular flexibility index (Phi) is 3.27. The first-order valence-corrected chi connectivity index (χ1v) is 5.54. The third-order valence-corrected chi connectivity index (χ3v) is 2.65. The van der Waals surface area contributed by atoms with Crippen molar-refractivity contribution in [2.45, 2.75) is 13.5 Å². The van der Waals surface area contributed by atoms with E-state index in [4.69, 9.17) is 10.5 Å². The average molecular weight is 246 g/mol. The van der Waals surface area contributed by atoms with Gasteiger partial charge in [-0.15, -0.1) is 5.10 Å². The smallest absolute Gasteiger partial charge is 0.214 e. The van der Waals surface area contributed by atoms with Crippen LogP contribution in [0.15, 0.2) is 24.4 Å². The molecule has 6 heteroatoms. The molecule has 18 heavy (non-hydrogen) atoms. The highest BCUT2D eigenvalue weighted by Gasteiger charge is 2.17. The van der Waals surface area contributed by atoms with Crippen LogP contribution in [0, 0.1) is 0 Å². The van der Waals surface area contributed by atoms with E-state index in [0.29, 0.717) is 29.2 Å². The molecule has 0 saturated heterocycles. The van der Waals surface area contributed by atoms with Crippen molar-refractivity contribution in [2.75, 3.05) is 12.8 Å². The Morgan fingerprint density at radius 3 is 2.89 bits per heavy atom. The van der Waals surface area contributed by atoms with Crippen LogP contribution >= 0.6 is 0 Å². The molecule has 0 unspecified atom stereocenters. The van der Waals surface area contributed by atoms with Gasteiger partial charge >= 0.3 is 0 Å². The van der Waals surface area contributed by atoms with Crippen molar-refractivity contribution in [2.24, 2.45) is 0 Å². The van der Waals surface area contributed by atoms with Gasteiger partial charge in [0.05, 0.1) is 13.3 Å². The lowest BCUT2D eigenvalue weighted by atomic mass is 10.1. The molecular weight excluding hydrogens is 232 g/mol. The van der Waals surface area contributed by atoms with Gasteiger partial charge in [0.1, 0.15) is 11.4 Å². The van der Waals surface area contributed by atoms with E-state index >= 15 is 0 Å². The number of hydrogen-bond donors (Lipinski definition) is 1. The first-order chi connectivity index (χ1) is 8.67. The number of aromatic nitrogens is 3. The molecule has 2 rings (SSSR count). The van der Waals surface area contributed by atoms with Crippen molar-refractivity contribution in [3.05, 3.63) is 35.7 Å². The number of ether oxygens (including phenoxy) is 1. The van der Waals surface area contributed by atoms with Gasteiger partial charge in [0.25, 0.3) is 0 Å². The highest BCUT2D eigenvalue weighted by Crippen LogP contribution is 2.21. The quantitative estimate of drug-likeness (QED) is 0.645. The van der Waals surface area contributed by atoms with Crippen molar-refractivity contribution >= 4 is 11.5 Å². The Hall–Kier alpha value is -2.37. The predicted octanol–water partition coefficient (Wildman–Crippen LogP) is 1.12. The molecular formula is C12H14N4O2. The maximum Gasteiger partial charge on any atom is 0.214 e. The van der Waals surface area contributed by atoms with E-state index in [1.165, 1.54) is 10.9 Å². The number of nitrogens with two attached hydrogens (primary N) is 1. The fourth-order valence-corrected chi connectivity index (χ4v) is 1.68. The Labute approximate surface area is 104 Å². The van der Waals surface area contributed by atoms with Gasteiger partial charge in [0, 0.05) is 23.9 Å². The van der Waals surface area contributed by atoms with Gasteiger partial charge < -0.3 is 10.5 Å². The van der Waals surface area contributed by atoms with Gasteiger partial charge in [-0.1, -0.05) is 5.21 Å². The number of aryl methyl sites for hydroxylation is 1. The fourth-order valence-electron chi connectivity index (χ4n) is 1.68. The molecule has 6 nitrogen and oxygen atoms in total. The molecule has 0 saturated carbocycles. The summed E-state index contributed by atoms with van der Waals surface area (Å²) in [7, 11) is 1.55. The Morgan fingerprint density at radius 2 is 2.28 bits per heavy atom. The van der Waals surface area contributed by atoms with E-state index in [2.05, 4.69) is 10.3 Å². The zero-order chi connectivity index (χ0) is 13.1. The third kappa shape index (κ3) is 2.04. The molecule has 1 aromatic heterocycles. The van der Waals surface area contributed by atoms with Crippen LogP contribution in [0.25, 0.3) is 0 Å². The Bertz CT molecular complexity index is 577. The SMILES string of the molecule is CCn1nncc1C(=O)c1ccc(OC)cc1N. The molecule has 1 aromatic carbocycles. The number of ketones is 1. The largest absolute Gasteiger partial charge is 0.497 e. The van der Waals surface area contributed by atoms with Gasteiger partial charge in [-0.25, -0.2) is 4.68 Å². The monoisotopic (exact) mass is 246 g/mol. The summed E-state index contributed by atoms with van der Waals surface area (Å²) in [5.74, 6) is 0.424. The van der Waals surface area contributed by atoms with Crippen LogP contribution in [0.1, 0.15) is 23.0 Å². The summed E-state index contributed by atoms with van der Waals surface area (Å²) in [5, 5.41) is 7.55. The van der Waals surface area contributed by atoms with E-state index in [-0.39, 0.29) is 5.78 Å². The Balaban J connectivity index is 2.40. The summed E-state index contributed by atoms with van der Waals surface area (Å²) in [5.41, 5.74) is 7.07. The number of nitrogen functional groups attached to an aromatic ring is 1. The molecule has 0 aliphatic heterocycles. The predicted molar refractivity (Wildman–Crippen MR) is 66.5 cm³/mol. The molecule has 0 spiro atoms. The van der Waals surface area contributed by atoms with Crippen LogP contribution in [0.2, 0.25) is 0 Å². The molecule has 2 aromatic rings. The maximum atomic E-state index is 12.3. The highest BCUT2D eigenvalue weighted by molar-refractivity contribution is 6.11. The number of rotatable bonds is 4. The summed E-state index contributed by atoms with van der Waals surface area (Å²) in [6.07, 6.45) is 1.44. The minimum Gasteiger partial charge on any atom is -0.497 e. The third-order valence-electron chi connectivity index (χ3n) is 2.65. The highest BCUT2D eigenvalue weighted by atomic mass is 16.5. The number of methoxy groups -OCH3 is 1. The lowest BCUT2D eigenvalue weighted by Gasteiger charge is -2.07. The number of carbonyl (C=O) groups is 1. The number of carbonyl (C=O) groups excluding carboxylic acids is 1. The zero-order valence-corrected chi connectivity index (χ0v) is 10.3. The van der Waals surface area contributed by atoms with E-state index in [9.17, 15) is 4.79 Å². The summed E-state index contributed by atoms with van der Waals surface area (Å²) in [6.45, 7) is 2.47. The number of hydrogen-bond acceptors (Lipinski definition) is 5. The van der Waals surface area contributed by atoms with Crippen LogP contribution in [0.5, 0.6) is 5.75 Å². The lowest BCUT2D eigenvalue weighted by molar-refractivity contribution is 0.103. The standard InChI is InChI=1S/C12H14N4O2/c1-3-16-11(7-14-15-16)12(17)9-5-4-8(18-2)6-10(9)13/h4-7H,3,13H2,1-2H3. The molecule has 94 valence electrons. The summed E-state index contributed by atoms with van der Waals surface area (Å²) in [6, 6.07) is 4.96. The second kappa shape index (κ2) is 4.87. The van der Waals surface area contributed by atoms with Crippen molar-refractivity contribution in [1.29, 1.82) is 0 Å². The van der Waals surface area contributed by atoms with E-state index in [1.54, 1.807) is 25.3 Å². The van der Waals surface area contributed by atoms with Crippen molar-refractivity contribution in [1.82, 2.24) is 15.0 Å². The minimum absolute atomic E-state index is 0.193. The van der Waals surface area contributed by atoms with E-state index in [0.717, 1.165) is 0 Å². The molecule has 0 bridgehead atoms. The van der Waals surface area contributed by atoms with Crippen LogP contribution in [0.4, 0.5) is 5.69 Å². The van der Waals surface area contributed by atoms with Crippen LogP contribution in [-0.2, 0) is 6.54 Å². The molecule has 0 aliphatic carbocycles. The second-order valence-electron chi connectivity index (χ2n) is 3.72. The maximum absolute atomic E-state index is 12.3. The number of nitrogens with zero attached hydrogens (tertiary/aromatic N) is 3. The van der Waals surface area contributed by atoms with E-state index in [1.807, 2.05) is 6.92 Å². The summed E-state index contributed by atoms with van der Waals surface area (Å²) < 4.78 is 6.58. The van der Waals surface area contributed by atoms with Gasteiger partial charge in [0.2, 0.25) is 5.78 Å². The molecule has 1 heterocycles. The molecule has 0 aliphatic rings. The lowest BCUT2D eigenvalue weighted by Crippen LogP contribution is -2.12. The van der Waals surface area contributed by atoms with Gasteiger partial charge in [0.15, 0.2) is 0 Å². The average Bonchev–Trinajstić information content (AvgIpc) is 2.86. The summed E-state index contributed by atoms with van der Waals surface area (Å²) in [4.78, 5) is 12.3. The van der Waals surface area contributed by atoms with Gasteiger partial charge in [-0.3, -0.25) is 4.79 Å². The first-order valence-electron chi connectivity index (χ1n) is 5.54. The first kappa shape index (κ1) is 12.1. The van der Waals surface area contributed by atoms with E-state index < -0.39 is 0 Å². The van der Waals surface area contributed by atoms with Crippen molar-refractivity contribution in [3.8, 4) is 5.75 Å². The van der Waals surface area contributed by atoms with Crippen LogP contribution < -0.4 is 10.5 Å². The molecule has 0 amide bonds. The topological polar surface area (TPSA) is 83.0 Å². The molecule has 0 radical (unpaired) electrons. The van der Waals surface area contributed by atoms with Gasteiger partial charge in [-0.05, 0) is 19.1 Å². The zero-order valence-electron chi connectivity index (χ0n) is 10.3. The molecule has 0 fully saturated rings. The van der Waals surface area contributed by atoms with Crippen molar-refractivity contribution in [3.63, 3.8) is 0 Å².